The molecule has 0 aliphatic carbocycles. The molecule has 4 nitrogen and oxygen atoms in total. The Morgan fingerprint density at radius 2 is 1.68 bits per heavy atom. The van der Waals surface area contributed by atoms with Crippen LogP contribution in [-0.2, 0) is 4.79 Å². The van der Waals surface area contributed by atoms with E-state index in [0.717, 1.165) is 76.9 Å². The number of unbranched alkanes of at least 4 members (excludes halogenated alkanes) is 1. The summed E-state index contributed by atoms with van der Waals surface area (Å²) in [4.78, 5) is 18.9. The van der Waals surface area contributed by atoms with Crippen molar-refractivity contribution >= 4 is 17.3 Å². The van der Waals surface area contributed by atoms with Gasteiger partial charge in [0.15, 0.2) is 0 Å². The van der Waals surface area contributed by atoms with Crippen molar-refractivity contribution in [2.75, 3.05) is 37.6 Å². The summed E-state index contributed by atoms with van der Waals surface area (Å²) in [5.74, 6) is 0.601. The van der Waals surface area contributed by atoms with E-state index in [1.807, 2.05) is 12.1 Å². The summed E-state index contributed by atoms with van der Waals surface area (Å²) >= 11 is 0. The fourth-order valence-corrected chi connectivity index (χ4v) is 5.72. The van der Waals surface area contributed by atoms with Crippen LogP contribution in [0.5, 0.6) is 0 Å². The minimum Gasteiger partial charge on any atom is -0.343 e. The van der Waals surface area contributed by atoms with E-state index in [2.05, 4.69) is 39.0 Å². The summed E-state index contributed by atoms with van der Waals surface area (Å²) < 4.78 is 14.7. The quantitative estimate of drug-likeness (QED) is 0.619. The number of likely N-dealkylation sites (tertiary alicyclic amines) is 2. The third kappa shape index (κ3) is 4.08. The van der Waals surface area contributed by atoms with Gasteiger partial charge in [-0.15, -0.1) is 0 Å². The normalized spacial score (nSPS) is 23.7. The molecule has 1 amide bonds. The lowest BCUT2D eigenvalue weighted by Crippen LogP contribution is -2.45. The summed E-state index contributed by atoms with van der Waals surface area (Å²) in [6.07, 6.45) is 6.18. The molecule has 31 heavy (non-hydrogen) atoms. The van der Waals surface area contributed by atoms with Crippen molar-refractivity contribution in [3.63, 3.8) is 0 Å². The summed E-state index contributed by atoms with van der Waals surface area (Å²) in [5, 5.41) is 0. The van der Waals surface area contributed by atoms with E-state index in [1.54, 1.807) is 12.1 Å². The second-order valence-corrected chi connectivity index (χ2v) is 9.19. The second kappa shape index (κ2) is 8.99. The molecule has 5 rings (SSSR count). The minimum atomic E-state index is -0.146. The molecule has 0 radical (unpaired) electrons. The Morgan fingerprint density at radius 1 is 0.903 bits per heavy atom. The van der Waals surface area contributed by atoms with Gasteiger partial charge in [-0.1, -0.05) is 30.3 Å². The Kier molecular flexibility index (Phi) is 5.95. The highest BCUT2D eigenvalue weighted by Gasteiger charge is 2.42. The predicted molar refractivity (Wildman–Crippen MR) is 122 cm³/mol. The number of nitrogens with zero attached hydrogens (tertiary/aromatic N) is 3. The summed E-state index contributed by atoms with van der Waals surface area (Å²) in [6, 6.07) is 16.0. The summed E-state index contributed by atoms with van der Waals surface area (Å²) in [6.45, 7) is 4.99. The molecule has 2 atom stereocenters. The predicted octanol–water partition coefficient (Wildman–Crippen LogP) is 4.93. The Labute approximate surface area is 184 Å². The Morgan fingerprint density at radius 3 is 2.52 bits per heavy atom. The molecular weight excluding hydrogens is 389 g/mol. The molecule has 3 aliphatic heterocycles. The number of piperidine rings is 2. The number of para-hydroxylation sites is 2. The average molecular weight is 422 g/mol. The molecule has 164 valence electrons. The van der Waals surface area contributed by atoms with Gasteiger partial charge < -0.3 is 14.7 Å². The van der Waals surface area contributed by atoms with Gasteiger partial charge in [0.1, 0.15) is 5.82 Å². The lowest BCUT2D eigenvalue weighted by Gasteiger charge is -2.39. The molecule has 3 heterocycles. The SMILES string of the molecule is O=C1CCCCN1CCCCN1CC[C@@H]2[C@@H](C1)c1ccccc1N2c1ccccc1F. The molecular formula is C26H32FN3O. The molecule has 0 unspecified atom stereocenters. The number of carbonyl (C=O) groups is 1. The van der Waals surface area contributed by atoms with E-state index in [1.165, 1.54) is 5.56 Å². The molecule has 0 saturated carbocycles. The van der Waals surface area contributed by atoms with Crippen molar-refractivity contribution in [1.82, 2.24) is 9.80 Å². The number of amides is 1. The highest BCUT2D eigenvalue weighted by molar-refractivity contribution is 5.76. The van der Waals surface area contributed by atoms with Crippen molar-refractivity contribution in [3.8, 4) is 0 Å². The number of hydrogen-bond donors (Lipinski definition) is 0. The maximum atomic E-state index is 14.7. The minimum absolute atomic E-state index is 0.146. The van der Waals surface area contributed by atoms with Crippen LogP contribution in [0.2, 0.25) is 0 Å². The smallest absolute Gasteiger partial charge is 0.222 e. The summed E-state index contributed by atoms with van der Waals surface area (Å²) in [5.41, 5.74) is 3.20. The first-order valence-corrected chi connectivity index (χ1v) is 11.9. The van der Waals surface area contributed by atoms with Crippen LogP contribution in [-0.4, -0.2) is 54.5 Å². The molecule has 5 heteroatoms. The molecule has 2 fully saturated rings. The van der Waals surface area contributed by atoms with Crippen molar-refractivity contribution in [1.29, 1.82) is 0 Å². The fraction of sp³-hybridized carbons (Fsp3) is 0.500. The van der Waals surface area contributed by atoms with E-state index in [4.69, 9.17) is 0 Å². The molecule has 3 aliphatic rings. The Bertz CT molecular complexity index is 932. The van der Waals surface area contributed by atoms with Gasteiger partial charge >= 0.3 is 0 Å². The van der Waals surface area contributed by atoms with Crippen molar-refractivity contribution in [2.24, 2.45) is 0 Å². The van der Waals surface area contributed by atoms with Gasteiger partial charge in [0.05, 0.1) is 5.69 Å². The lowest BCUT2D eigenvalue weighted by molar-refractivity contribution is -0.133. The zero-order valence-electron chi connectivity index (χ0n) is 18.2. The first-order valence-electron chi connectivity index (χ1n) is 11.9. The second-order valence-electron chi connectivity index (χ2n) is 9.19. The van der Waals surface area contributed by atoms with Gasteiger partial charge in [-0.2, -0.15) is 0 Å². The van der Waals surface area contributed by atoms with Gasteiger partial charge in [-0.3, -0.25) is 4.79 Å². The number of benzene rings is 2. The number of anilines is 2. The maximum absolute atomic E-state index is 14.7. The average Bonchev–Trinajstić information content (AvgIpc) is 3.12. The van der Waals surface area contributed by atoms with Gasteiger partial charge in [0.25, 0.3) is 0 Å². The van der Waals surface area contributed by atoms with Gasteiger partial charge in [0, 0.05) is 50.2 Å². The van der Waals surface area contributed by atoms with E-state index in [-0.39, 0.29) is 5.82 Å². The van der Waals surface area contributed by atoms with Crippen LogP contribution in [0.3, 0.4) is 0 Å². The van der Waals surface area contributed by atoms with Gasteiger partial charge in [-0.05, 0) is 62.4 Å². The standard InChI is InChI=1S/C26H32FN3O/c27-22-10-2-4-12-25(22)30-23-11-3-1-9-20(23)21-19-28(18-14-24(21)30)15-7-8-17-29-16-6-5-13-26(29)31/h1-4,9-12,21,24H,5-8,13-19H2/t21-,24+/m0/s1. The van der Waals surface area contributed by atoms with E-state index < -0.39 is 0 Å². The highest BCUT2D eigenvalue weighted by atomic mass is 19.1. The van der Waals surface area contributed by atoms with Crippen molar-refractivity contribution in [3.05, 3.63) is 59.9 Å². The van der Waals surface area contributed by atoms with Gasteiger partial charge in [-0.25, -0.2) is 4.39 Å². The number of rotatable bonds is 6. The summed E-state index contributed by atoms with van der Waals surface area (Å²) in [7, 11) is 0. The van der Waals surface area contributed by atoms with E-state index in [9.17, 15) is 9.18 Å². The molecule has 2 aromatic carbocycles. The molecule has 0 aromatic heterocycles. The van der Waals surface area contributed by atoms with Crippen LogP contribution in [0.4, 0.5) is 15.8 Å². The fourth-order valence-electron chi connectivity index (χ4n) is 5.72. The first-order chi connectivity index (χ1) is 15.2. The van der Waals surface area contributed by atoms with Crippen LogP contribution in [0.1, 0.15) is 50.0 Å². The van der Waals surface area contributed by atoms with Gasteiger partial charge in [0.2, 0.25) is 5.91 Å². The highest BCUT2D eigenvalue weighted by Crippen LogP contribution is 2.48. The van der Waals surface area contributed by atoms with Crippen LogP contribution < -0.4 is 4.90 Å². The molecule has 0 bridgehead atoms. The first kappa shape index (κ1) is 20.5. The molecule has 0 spiro atoms. The van der Waals surface area contributed by atoms with E-state index >= 15 is 0 Å². The topological polar surface area (TPSA) is 26.8 Å². The van der Waals surface area contributed by atoms with Crippen LogP contribution in [0, 0.1) is 5.82 Å². The third-order valence-corrected chi connectivity index (χ3v) is 7.27. The molecule has 2 saturated heterocycles. The van der Waals surface area contributed by atoms with Crippen LogP contribution in [0.25, 0.3) is 0 Å². The maximum Gasteiger partial charge on any atom is 0.222 e. The van der Waals surface area contributed by atoms with Crippen LogP contribution >= 0.6 is 0 Å². The largest absolute Gasteiger partial charge is 0.343 e. The Balaban J connectivity index is 1.23. The third-order valence-electron chi connectivity index (χ3n) is 7.27. The van der Waals surface area contributed by atoms with Crippen molar-refractivity contribution < 1.29 is 9.18 Å². The number of hydrogen-bond acceptors (Lipinski definition) is 3. The van der Waals surface area contributed by atoms with Crippen molar-refractivity contribution in [2.45, 2.75) is 50.5 Å². The van der Waals surface area contributed by atoms with E-state index in [0.29, 0.717) is 23.6 Å². The molecule has 2 aromatic rings. The zero-order valence-corrected chi connectivity index (χ0v) is 18.2. The molecule has 0 N–H and O–H groups in total. The monoisotopic (exact) mass is 421 g/mol. The number of halogens is 1. The number of carbonyl (C=O) groups excluding carboxylic acids is 1. The Hall–Kier alpha value is -2.40. The lowest BCUT2D eigenvalue weighted by atomic mass is 9.89. The number of fused-ring (bicyclic) bond motifs is 3. The zero-order chi connectivity index (χ0) is 21.2. The van der Waals surface area contributed by atoms with Crippen LogP contribution in [0.15, 0.2) is 48.5 Å².